The summed E-state index contributed by atoms with van der Waals surface area (Å²) in [4.78, 5) is 28.8. The highest BCUT2D eigenvalue weighted by atomic mass is 19.1. The molecule has 0 aliphatic carbocycles. The van der Waals surface area contributed by atoms with Gasteiger partial charge in [0.15, 0.2) is 11.6 Å². The number of halogens is 1. The van der Waals surface area contributed by atoms with Crippen LogP contribution in [0.1, 0.15) is 23.2 Å². The van der Waals surface area contributed by atoms with Crippen molar-refractivity contribution < 1.29 is 14.3 Å². The summed E-state index contributed by atoms with van der Waals surface area (Å²) in [6.45, 7) is 1.81. The number of aliphatic hydroxyl groups excluding tert-OH is 1. The van der Waals surface area contributed by atoms with Crippen molar-refractivity contribution in [3.63, 3.8) is 0 Å². The third-order valence-electron chi connectivity index (χ3n) is 6.23. The molecule has 4 aromatic rings. The Morgan fingerprint density at radius 3 is 2.50 bits per heavy atom. The molecular weight excluding hydrogens is 459 g/mol. The fourth-order valence-corrected chi connectivity index (χ4v) is 4.36. The van der Waals surface area contributed by atoms with Gasteiger partial charge in [0.25, 0.3) is 5.91 Å². The summed E-state index contributed by atoms with van der Waals surface area (Å²) in [6, 6.07) is 17.4. The van der Waals surface area contributed by atoms with Gasteiger partial charge in [-0.1, -0.05) is 24.3 Å². The van der Waals surface area contributed by atoms with Crippen molar-refractivity contribution in [3.8, 4) is 11.3 Å². The van der Waals surface area contributed by atoms with Crippen molar-refractivity contribution >= 4 is 28.6 Å². The summed E-state index contributed by atoms with van der Waals surface area (Å²) < 4.78 is 13.5. The summed E-state index contributed by atoms with van der Waals surface area (Å²) >= 11 is 0. The quantitative estimate of drug-likeness (QED) is 0.367. The van der Waals surface area contributed by atoms with Crippen molar-refractivity contribution in [2.24, 2.45) is 0 Å². The van der Waals surface area contributed by atoms with Crippen LogP contribution in [0.3, 0.4) is 0 Å². The van der Waals surface area contributed by atoms with Gasteiger partial charge in [0.1, 0.15) is 5.82 Å². The average Bonchev–Trinajstić information content (AvgIpc) is 2.92. The van der Waals surface area contributed by atoms with Gasteiger partial charge < -0.3 is 20.6 Å². The number of fused-ring (bicyclic) bond motifs is 1. The van der Waals surface area contributed by atoms with Crippen LogP contribution in [-0.2, 0) is 0 Å². The van der Waals surface area contributed by atoms with Gasteiger partial charge in [0.2, 0.25) is 0 Å². The van der Waals surface area contributed by atoms with Crippen LogP contribution < -0.4 is 15.5 Å². The number of nitrogens with zero attached hydrogens (tertiary/aromatic N) is 4. The molecule has 3 N–H and O–H groups in total. The zero-order valence-corrected chi connectivity index (χ0v) is 19.7. The molecule has 2 aromatic carbocycles. The van der Waals surface area contributed by atoms with Gasteiger partial charge in [-0.05, 0) is 49.2 Å². The maximum absolute atomic E-state index is 13.5. The smallest absolute Gasteiger partial charge is 0.253 e. The first-order valence-corrected chi connectivity index (χ1v) is 12.0. The largest absolute Gasteiger partial charge is 0.395 e. The van der Waals surface area contributed by atoms with Gasteiger partial charge in [0.05, 0.1) is 28.9 Å². The lowest BCUT2D eigenvalue weighted by atomic mass is 10.0. The van der Waals surface area contributed by atoms with Gasteiger partial charge in [-0.3, -0.25) is 9.78 Å². The van der Waals surface area contributed by atoms with E-state index in [9.17, 15) is 14.3 Å². The van der Waals surface area contributed by atoms with Crippen LogP contribution >= 0.6 is 0 Å². The molecule has 184 valence electrons. The van der Waals surface area contributed by atoms with Gasteiger partial charge in [-0.25, -0.2) is 14.4 Å². The van der Waals surface area contributed by atoms with Gasteiger partial charge >= 0.3 is 0 Å². The minimum absolute atomic E-state index is 0.000124. The van der Waals surface area contributed by atoms with Crippen LogP contribution in [-0.4, -0.2) is 58.2 Å². The Kier molecular flexibility index (Phi) is 6.99. The molecule has 1 amide bonds. The van der Waals surface area contributed by atoms with E-state index < -0.39 is 0 Å². The molecule has 8 nitrogen and oxygen atoms in total. The predicted molar refractivity (Wildman–Crippen MR) is 137 cm³/mol. The SMILES string of the molecule is O=C(NC1CCN(c2nc3ccccc3nc2NCCO)CC1)c1ccc(-c2cccc(F)c2)nc1. The van der Waals surface area contributed by atoms with Gasteiger partial charge in [-0.2, -0.15) is 0 Å². The van der Waals surface area contributed by atoms with E-state index in [1.165, 1.54) is 18.3 Å². The predicted octanol–water partition coefficient (Wildman–Crippen LogP) is 3.63. The maximum atomic E-state index is 13.5. The summed E-state index contributed by atoms with van der Waals surface area (Å²) in [5.41, 5.74) is 3.35. The van der Waals surface area contributed by atoms with E-state index in [1.807, 2.05) is 24.3 Å². The Labute approximate surface area is 208 Å². The molecule has 0 radical (unpaired) electrons. The Morgan fingerprint density at radius 1 is 1.03 bits per heavy atom. The van der Waals surface area contributed by atoms with E-state index in [4.69, 9.17) is 9.97 Å². The number of benzene rings is 2. The lowest BCUT2D eigenvalue weighted by molar-refractivity contribution is 0.0930. The van der Waals surface area contributed by atoms with Crippen LogP contribution in [0.15, 0.2) is 66.9 Å². The van der Waals surface area contributed by atoms with Gasteiger partial charge in [0, 0.05) is 37.4 Å². The van der Waals surface area contributed by atoms with Gasteiger partial charge in [-0.15, -0.1) is 0 Å². The van der Waals surface area contributed by atoms with E-state index in [0.29, 0.717) is 42.3 Å². The number of rotatable bonds is 7. The first-order chi connectivity index (χ1) is 17.6. The Bertz CT molecular complexity index is 1360. The third-order valence-corrected chi connectivity index (χ3v) is 6.23. The van der Waals surface area contributed by atoms with Crippen LogP contribution in [0, 0.1) is 5.82 Å². The summed E-state index contributed by atoms with van der Waals surface area (Å²) in [5.74, 6) is 0.898. The Morgan fingerprint density at radius 2 is 1.81 bits per heavy atom. The average molecular weight is 487 g/mol. The van der Waals surface area contributed by atoms with Crippen molar-refractivity contribution in [2.75, 3.05) is 36.5 Å². The van der Waals surface area contributed by atoms with E-state index in [1.54, 1.807) is 24.3 Å². The maximum Gasteiger partial charge on any atom is 0.253 e. The second-order valence-electron chi connectivity index (χ2n) is 8.71. The van der Waals surface area contributed by atoms with Crippen LogP contribution in [0.25, 0.3) is 22.3 Å². The summed E-state index contributed by atoms with van der Waals surface area (Å²) in [6.07, 6.45) is 3.04. The lowest BCUT2D eigenvalue weighted by Gasteiger charge is -2.34. The highest BCUT2D eigenvalue weighted by molar-refractivity contribution is 5.94. The first-order valence-electron chi connectivity index (χ1n) is 12.0. The van der Waals surface area contributed by atoms with Crippen LogP contribution in [0.4, 0.5) is 16.0 Å². The van der Waals surface area contributed by atoms with Crippen LogP contribution in [0.5, 0.6) is 0 Å². The second-order valence-corrected chi connectivity index (χ2v) is 8.71. The molecule has 5 rings (SSSR count). The number of aliphatic hydroxyl groups is 1. The zero-order valence-electron chi connectivity index (χ0n) is 19.7. The molecule has 1 fully saturated rings. The molecule has 0 unspecified atom stereocenters. The molecule has 0 spiro atoms. The minimum Gasteiger partial charge on any atom is -0.395 e. The fraction of sp³-hybridized carbons (Fsp3) is 0.259. The van der Waals surface area contributed by atoms with E-state index in [2.05, 4.69) is 20.5 Å². The van der Waals surface area contributed by atoms with Crippen molar-refractivity contribution in [1.29, 1.82) is 0 Å². The molecule has 9 heteroatoms. The number of aromatic nitrogens is 3. The molecule has 1 aliphatic rings. The first kappa shape index (κ1) is 23.6. The zero-order chi connectivity index (χ0) is 24.9. The number of nitrogens with one attached hydrogen (secondary N) is 2. The van der Waals surface area contributed by atoms with Crippen molar-refractivity contribution in [3.05, 3.63) is 78.2 Å². The second kappa shape index (κ2) is 10.7. The molecule has 36 heavy (non-hydrogen) atoms. The number of piperidine rings is 1. The minimum atomic E-state index is -0.326. The van der Waals surface area contributed by atoms with E-state index >= 15 is 0 Å². The summed E-state index contributed by atoms with van der Waals surface area (Å²) in [5, 5.41) is 15.5. The fourth-order valence-electron chi connectivity index (χ4n) is 4.36. The lowest BCUT2D eigenvalue weighted by Crippen LogP contribution is -2.45. The summed E-state index contributed by atoms with van der Waals surface area (Å²) in [7, 11) is 0. The van der Waals surface area contributed by atoms with Crippen molar-refractivity contribution in [1.82, 2.24) is 20.3 Å². The number of hydrogen-bond acceptors (Lipinski definition) is 7. The molecule has 1 saturated heterocycles. The Balaban J connectivity index is 1.22. The number of carbonyl (C=O) groups excluding carboxylic acids is 1. The molecule has 0 saturated carbocycles. The molecule has 0 atom stereocenters. The number of carbonyl (C=O) groups is 1. The molecule has 3 heterocycles. The molecular formula is C27H27FN6O2. The van der Waals surface area contributed by atoms with E-state index in [-0.39, 0.29) is 24.4 Å². The standard InChI is InChI=1S/C27H27FN6O2/c28-20-5-3-4-18(16-20)22-9-8-19(17-30-22)27(36)31-21-10-13-34(14-11-21)26-25(29-12-15-35)32-23-6-1-2-7-24(23)33-26/h1-9,16-17,21,35H,10-15H2,(H,29,32)(H,31,36). The molecule has 1 aliphatic heterocycles. The topological polar surface area (TPSA) is 103 Å². The highest BCUT2D eigenvalue weighted by Gasteiger charge is 2.24. The number of amides is 1. The van der Waals surface area contributed by atoms with Crippen LogP contribution in [0.2, 0.25) is 0 Å². The van der Waals surface area contributed by atoms with E-state index in [0.717, 1.165) is 29.7 Å². The Hall–Kier alpha value is -4.11. The normalized spacial score (nSPS) is 14.1. The highest BCUT2D eigenvalue weighted by Crippen LogP contribution is 2.27. The number of hydrogen-bond donors (Lipinski definition) is 3. The molecule has 2 aromatic heterocycles. The number of anilines is 2. The third kappa shape index (κ3) is 5.26. The molecule has 0 bridgehead atoms. The number of para-hydroxylation sites is 2. The van der Waals surface area contributed by atoms with Crippen molar-refractivity contribution in [2.45, 2.75) is 18.9 Å². The monoisotopic (exact) mass is 486 g/mol. The number of pyridine rings is 1.